The minimum absolute atomic E-state index is 0.342. The molecule has 2 heterocycles. The lowest BCUT2D eigenvalue weighted by Crippen LogP contribution is -2.64. The highest BCUT2D eigenvalue weighted by atomic mass is 16.7. The Morgan fingerprint density at radius 3 is 2.32 bits per heavy atom. The van der Waals surface area contributed by atoms with Gasteiger partial charge in [-0.1, -0.05) is 6.07 Å². The predicted octanol–water partition coefficient (Wildman–Crippen LogP) is -2.69. The molecule has 0 aliphatic carbocycles. The Morgan fingerprint density at radius 2 is 1.68 bits per heavy atom. The fourth-order valence-electron chi connectivity index (χ4n) is 3.62. The van der Waals surface area contributed by atoms with E-state index in [1.54, 1.807) is 0 Å². The summed E-state index contributed by atoms with van der Waals surface area (Å²) in [7, 11) is 0. The van der Waals surface area contributed by atoms with Gasteiger partial charge in [-0.2, -0.15) is 0 Å². The van der Waals surface area contributed by atoms with Crippen LogP contribution in [0.5, 0.6) is 11.5 Å². The Labute approximate surface area is 193 Å². The summed E-state index contributed by atoms with van der Waals surface area (Å²) in [5, 5.41) is 79.0. The van der Waals surface area contributed by atoms with Gasteiger partial charge in [-0.05, 0) is 30.7 Å². The lowest BCUT2D eigenvalue weighted by atomic mass is 9.97. The van der Waals surface area contributed by atoms with Gasteiger partial charge in [0.1, 0.15) is 36.6 Å². The van der Waals surface area contributed by atoms with Gasteiger partial charge in [0.25, 0.3) is 0 Å². The first-order chi connectivity index (χ1) is 16.0. The molecule has 1 aromatic rings. The summed E-state index contributed by atoms with van der Waals surface area (Å²) in [5.41, 5.74) is 0.342. The molecular formula is C21H28O13. The Bertz CT molecular complexity index is 876. The molecule has 2 aliphatic rings. The van der Waals surface area contributed by atoms with E-state index in [1.165, 1.54) is 31.2 Å². The standard InChI is InChI=1S/C21H28O13/c1-8-14(26)15(27)16(28)21(31-8)34-19-17(29)20(30)32-12(7-22)18(19)33-13(25)5-3-9-2-4-10(23)11(24)6-9/h2-6,8,12,14-24,26-30H,7H2,1H3/b5-3+/t8-,12-,14-,15+,16+,17-,18-,19-,20-,21-/m1/s1. The second-order valence-electron chi connectivity index (χ2n) is 8.00. The van der Waals surface area contributed by atoms with Gasteiger partial charge >= 0.3 is 5.97 Å². The third-order valence-corrected chi connectivity index (χ3v) is 5.58. The number of aliphatic hydroxyl groups excluding tert-OH is 6. The number of carbonyl (C=O) groups is 1. The van der Waals surface area contributed by atoms with Gasteiger partial charge in [-0.25, -0.2) is 4.79 Å². The van der Waals surface area contributed by atoms with Crippen LogP contribution in [0.25, 0.3) is 6.08 Å². The number of aromatic hydroxyl groups is 2. The van der Waals surface area contributed by atoms with Crippen molar-refractivity contribution in [2.75, 3.05) is 6.61 Å². The number of phenols is 2. The first-order valence-corrected chi connectivity index (χ1v) is 10.4. The molecule has 2 fully saturated rings. The number of aliphatic hydroxyl groups is 6. The molecule has 0 saturated carbocycles. The lowest BCUT2D eigenvalue weighted by Gasteiger charge is -2.45. The van der Waals surface area contributed by atoms with E-state index >= 15 is 0 Å². The van der Waals surface area contributed by atoms with Crippen LogP contribution in [-0.4, -0.2) is 115 Å². The Kier molecular flexibility index (Phi) is 8.46. The smallest absolute Gasteiger partial charge is 0.331 e. The molecule has 2 saturated heterocycles. The number of carbonyl (C=O) groups excluding carboxylic acids is 1. The average Bonchev–Trinajstić information content (AvgIpc) is 2.81. The third-order valence-electron chi connectivity index (χ3n) is 5.58. The third kappa shape index (κ3) is 5.66. The van der Waals surface area contributed by atoms with Gasteiger partial charge in [0, 0.05) is 6.08 Å². The molecule has 190 valence electrons. The van der Waals surface area contributed by atoms with Crippen molar-refractivity contribution in [2.45, 2.75) is 68.3 Å². The summed E-state index contributed by atoms with van der Waals surface area (Å²) in [6, 6.07) is 3.81. The van der Waals surface area contributed by atoms with Crippen LogP contribution >= 0.6 is 0 Å². The van der Waals surface area contributed by atoms with Crippen molar-refractivity contribution >= 4 is 12.0 Å². The molecule has 3 rings (SSSR count). The van der Waals surface area contributed by atoms with Crippen LogP contribution in [0.4, 0.5) is 0 Å². The summed E-state index contributed by atoms with van der Waals surface area (Å²) in [4.78, 5) is 12.4. The monoisotopic (exact) mass is 488 g/mol. The molecule has 0 amide bonds. The number of ether oxygens (including phenoxy) is 4. The highest BCUT2D eigenvalue weighted by Gasteiger charge is 2.51. The second-order valence-corrected chi connectivity index (χ2v) is 8.00. The first-order valence-electron chi connectivity index (χ1n) is 10.4. The first kappa shape index (κ1) is 26.3. The van der Waals surface area contributed by atoms with E-state index in [2.05, 4.69) is 0 Å². The Morgan fingerprint density at radius 1 is 0.971 bits per heavy atom. The maximum absolute atomic E-state index is 12.4. The molecule has 13 nitrogen and oxygen atoms in total. The molecule has 0 radical (unpaired) electrons. The lowest BCUT2D eigenvalue weighted by molar-refractivity contribution is -0.352. The Balaban J connectivity index is 1.77. The van der Waals surface area contributed by atoms with Gasteiger partial charge < -0.3 is 59.8 Å². The molecule has 0 spiro atoms. The number of rotatable bonds is 6. The van der Waals surface area contributed by atoms with Crippen molar-refractivity contribution in [3.63, 3.8) is 0 Å². The molecule has 13 heteroatoms. The predicted molar refractivity (Wildman–Crippen MR) is 110 cm³/mol. The van der Waals surface area contributed by atoms with Crippen molar-refractivity contribution in [2.24, 2.45) is 0 Å². The zero-order valence-electron chi connectivity index (χ0n) is 18.0. The number of hydrogen-bond donors (Lipinski definition) is 8. The van der Waals surface area contributed by atoms with E-state index in [0.29, 0.717) is 5.56 Å². The van der Waals surface area contributed by atoms with Crippen LogP contribution < -0.4 is 0 Å². The van der Waals surface area contributed by atoms with Crippen LogP contribution in [-0.2, 0) is 23.7 Å². The maximum atomic E-state index is 12.4. The molecule has 8 N–H and O–H groups in total. The van der Waals surface area contributed by atoms with Crippen molar-refractivity contribution < 1.29 is 64.6 Å². The van der Waals surface area contributed by atoms with E-state index in [1.807, 2.05) is 0 Å². The molecule has 0 aromatic heterocycles. The van der Waals surface area contributed by atoms with Crippen LogP contribution in [0.2, 0.25) is 0 Å². The molecule has 34 heavy (non-hydrogen) atoms. The van der Waals surface area contributed by atoms with Gasteiger partial charge in [0.05, 0.1) is 12.7 Å². The van der Waals surface area contributed by atoms with Gasteiger partial charge in [0.2, 0.25) is 0 Å². The largest absolute Gasteiger partial charge is 0.504 e. The Hall–Kier alpha value is -2.33. The van der Waals surface area contributed by atoms with Crippen molar-refractivity contribution in [1.82, 2.24) is 0 Å². The summed E-state index contributed by atoms with van der Waals surface area (Å²) in [6.07, 6.45) is -13.2. The fraction of sp³-hybridized carbons (Fsp3) is 0.571. The van der Waals surface area contributed by atoms with E-state index in [-0.39, 0.29) is 5.75 Å². The minimum Gasteiger partial charge on any atom is -0.504 e. The quantitative estimate of drug-likeness (QED) is 0.116. The zero-order chi connectivity index (χ0) is 25.2. The van der Waals surface area contributed by atoms with Gasteiger partial charge in [0.15, 0.2) is 30.2 Å². The summed E-state index contributed by atoms with van der Waals surface area (Å²) in [5.74, 6) is -1.74. The normalized spacial score (nSPS) is 38.7. The second kappa shape index (κ2) is 10.9. The van der Waals surface area contributed by atoms with Crippen LogP contribution in [0.1, 0.15) is 12.5 Å². The minimum atomic E-state index is -1.85. The number of benzene rings is 1. The van der Waals surface area contributed by atoms with Gasteiger partial charge in [-0.3, -0.25) is 0 Å². The molecule has 1 aromatic carbocycles. The average molecular weight is 488 g/mol. The number of phenolic OH excluding ortho intramolecular Hbond substituents is 2. The molecule has 2 aliphatic heterocycles. The van der Waals surface area contributed by atoms with E-state index < -0.39 is 79.7 Å². The van der Waals surface area contributed by atoms with E-state index in [4.69, 9.17) is 18.9 Å². The molecule has 0 bridgehead atoms. The van der Waals surface area contributed by atoms with Crippen molar-refractivity contribution in [1.29, 1.82) is 0 Å². The SMILES string of the molecule is C[C@H]1O[C@H](O[C@@H]2[C@@H](O)[C@H](O)O[C@H](CO)[C@H]2OC(=O)/C=C/c2ccc(O)c(O)c2)[C@@H](O)[C@@H](O)[C@@H]1O. The topological polar surface area (TPSA) is 216 Å². The van der Waals surface area contributed by atoms with Crippen molar-refractivity contribution in [3.8, 4) is 11.5 Å². The summed E-state index contributed by atoms with van der Waals surface area (Å²) >= 11 is 0. The van der Waals surface area contributed by atoms with Crippen LogP contribution in [0.3, 0.4) is 0 Å². The fourth-order valence-corrected chi connectivity index (χ4v) is 3.62. The number of esters is 1. The zero-order valence-corrected chi connectivity index (χ0v) is 18.0. The molecular weight excluding hydrogens is 460 g/mol. The van der Waals surface area contributed by atoms with Crippen molar-refractivity contribution in [3.05, 3.63) is 29.8 Å². The highest BCUT2D eigenvalue weighted by Crippen LogP contribution is 2.30. The summed E-state index contributed by atoms with van der Waals surface area (Å²) in [6.45, 7) is 0.661. The van der Waals surface area contributed by atoms with Crippen LogP contribution in [0, 0.1) is 0 Å². The molecule has 10 atom stereocenters. The van der Waals surface area contributed by atoms with Crippen LogP contribution in [0.15, 0.2) is 24.3 Å². The van der Waals surface area contributed by atoms with E-state index in [0.717, 1.165) is 6.08 Å². The number of hydrogen-bond acceptors (Lipinski definition) is 13. The highest BCUT2D eigenvalue weighted by molar-refractivity contribution is 5.87. The summed E-state index contributed by atoms with van der Waals surface area (Å²) < 4.78 is 21.3. The van der Waals surface area contributed by atoms with E-state index in [9.17, 15) is 45.6 Å². The molecule has 0 unspecified atom stereocenters. The maximum Gasteiger partial charge on any atom is 0.331 e. The van der Waals surface area contributed by atoms with Gasteiger partial charge in [-0.15, -0.1) is 0 Å².